The zero-order chi connectivity index (χ0) is 27.9. The third-order valence-corrected chi connectivity index (χ3v) is 6.28. The normalized spacial score (nSPS) is 10.8. The third-order valence-electron chi connectivity index (χ3n) is 6.28. The monoisotopic (exact) mass is 522 g/mol. The maximum atomic E-state index is 13.4. The molecule has 0 amide bonds. The molecule has 0 aliphatic carbocycles. The van der Waals surface area contributed by atoms with Crippen molar-refractivity contribution in [2.45, 2.75) is 19.9 Å². The van der Waals surface area contributed by atoms with E-state index in [1.54, 1.807) is 60.7 Å². The minimum Gasteiger partial charge on any atom is -0.493 e. The molecular weight excluding hydrogens is 496 g/mol. The Labute approximate surface area is 225 Å². The highest BCUT2D eigenvalue weighted by molar-refractivity contribution is 6.11. The van der Waals surface area contributed by atoms with E-state index in [1.165, 1.54) is 21.1 Å². The highest BCUT2D eigenvalue weighted by Crippen LogP contribution is 2.30. The molecule has 0 saturated heterocycles. The molecule has 0 saturated carbocycles. The standard InChI is InChI=1S/C30H26N4O5/c1-19-23(18-31)29(36)34(16-15-20-13-14-25(38-2)26(17-20)39-3)30(37)27(19)33-32-24-12-8-7-11-22(24)28(35)21-9-5-4-6-10-21/h4-14,17,36H,15-16H2,1-3H3. The molecule has 1 N–H and O–H groups in total. The number of benzene rings is 3. The lowest BCUT2D eigenvalue weighted by Crippen LogP contribution is -2.23. The van der Waals surface area contributed by atoms with Crippen LogP contribution < -0.4 is 15.0 Å². The first kappa shape index (κ1) is 26.8. The van der Waals surface area contributed by atoms with Crippen molar-refractivity contribution in [3.63, 3.8) is 0 Å². The van der Waals surface area contributed by atoms with Gasteiger partial charge >= 0.3 is 0 Å². The number of rotatable bonds is 9. The van der Waals surface area contributed by atoms with Crippen molar-refractivity contribution < 1.29 is 19.4 Å². The van der Waals surface area contributed by atoms with Crippen molar-refractivity contribution in [1.29, 1.82) is 5.26 Å². The molecule has 1 aromatic heterocycles. The number of aryl methyl sites for hydroxylation is 1. The largest absolute Gasteiger partial charge is 0.493 e. The van der Waals surface area contributed by atoms with E-state index in [0.717, 1.165) is 10.1 Å². The number of azo groups is 1. The van der Waals surface area contributed by atoms with E-state index in [2.05, 4.69) is 10.2 Å². The molecule has 9 nitrogen and oxygen atoms in total. The van der Waals surface area contributed by atoms with E-state index in [0.29, 0.717) is 29.0 Å². The fourth-order valence-corrected chi connectivity index (χ4v) is 4.14. The van der Waals surface area contributed by atoms with Crippen LogP contribution >= 0.6 is 0 Å². The van der Waals surface area contributed by atoms with Gasteiger partial charge in [0.25, 0.3) is 5.56 Å². The van der Waals surface area contributed by atoms with E-state index < -0.39 is 11.4 Å². The molecule has 0 aliphatic heterocycles. The van der Waals surface area contributed by atoms with E-state index in [1.807, 2.05) is 18.2 Å². The molecule has 4 rings (SSSR count). The Balaban J connectivity index is 1.71. The van der Waals surface area contributed by atoms with Crippen LogP contribution in [0.3, 0.4) is 0 Å². The number of pyridine rings is 1. The van der Waals surface area contributed by atoms with Gasteiger partial charge < -0.3 is 14.6 Å². The minimum absolute atomic E-state index is 0.0701. The Morgan fingerprint density at radius 3 is 2.36 bits per heavy atom. The number of methoxy groups -OCH3 is 2. The van der Waals surface area contributed by atoms with Gasteiger partial charge in [-0.2, -0.15) is 5.26 Å². The van der Waals surface area contributed by atoms with Crippen molar-refractivity contribution in [3.05, 3.63) is 111 Å². The summed E-state index contributed by atoms with van der Waals surface area (Å²) in [5, 5.41) is 28.8. The van der Waals surface area contributed by atoms with Crippen molar-refractivity contribution in [2.75, 3.05) is 14.2 Å². The SMILES string of the molecule is COc1ccc(CCn2c(O)c(C#N)c(C)c(N=Nc3ccccc3C(=O)c3ccccc3)c2=O)cc1OC. The van der Waals surface area contributed by atoms with Gasteiger partial charge in [-0.25, -0.2) is 0 Å². The molecule has 196 valence electrons. The number of aromatic nitrogens is 1. The van der Waals surface area contributed by atoms with Crippen LogP contribution in [0.4, 0.5) is 11.4 Å². The summed E-state index contributed by atoms with van der Waals surface area (Å²) in [5.41, 5.74) is 1.31. The zero-order valence-corrected chi connectivity index (χ0v) is 21.7. The number of nitriles is 1. The summed E-state index contributed by atoms with van der Waals surface area (Å²) in [6.07, 6.45) is 0.354. The van der Waals surface area contributed by atoms with Gasteiger partial charge in [0.2, 0.25) is 5.88 Å². The number of ether oxygens (including phenoxy) is 2. The summed E-state index contributed by atoms with van der Waals surface area (Å²) >= 11 is 0. The summed E-state index contributed by atoms with van der Waals surface area (Å²) in [4.78, 5) is 26.5. The van der Waals surface area contributed by atoms with Crippen LogP contribution in [0, 0.1) is 18.3 Å². The van der Waals surface area contributed by atoms with E-state index in [4.69, 9.17) is 9.47 Å². The first-order chi connectivity index (χ1) is 18.9. The summed E-state index contributed by atoms with van der Waals surface area (Å²) < 4.78 is 11.7. The van der Waals surface area contributed by atoms with Gasteiger partial charge in [0, 0.05) is 17.7 Å². The van der Waals surface area contributed by atoms with Crippen molar-refractivity contribution in [2.24, 2.45) is 10.2 Å². The average molecular weight is 523 g/mol. The molecule has 0 atom stereocenters. The molecule has 0 fully saturated rings. The Kier molecular flexibility index (Phi) is 8.17. The van der Waals surface area contributed by atoms with Crippen molar-refractivity contribution >= 4 is 17.2 Å². The van der Waals surface area contributed by atoms with Gasteiger partial charge in [-0.1, -0.05) is 48.5 Å². The smallest absolute Gasteiger partial charge is 0.281 e. The Morgan fingerprint density at radius 2 is 1.67 bits per heavy atom. The predicted octanol–water partition coefficient (Wildman–Crippen LogP) is 5.64. The first-order valence-electron chi connectivity index (χ1n) is 12.1. The number of carbonyl (C=O) groups is 1. The fraction of sp³-hybridized carbons (Fsp3) is 0.167. The summed E-state index contributed by atoms with van der Waals surface area (Å²) in [7, 11) is 3.07. The van der Waals surface area contributed by atoms with Crippen LogP contribution in [0.15, 0.2) is 87.8 Å². The van der Waals surface area contributed by atoms with Crippen LogP contribution in [0.25, 0.3) is 0 Å². The molecule has 3 aromatic carbocycles. The van der Waals surface area contributed by atoms with Crippen LogP contribution in [0.1, 0.15) is 32.6 Å². The summed E-state index contributed by atoms with van der Waals surface area (Å²) in [5.74, 6) is 0.417. The second-order valence-electron chi connectivity index (χ2n) is 8.59. The second kappa shape index (κ2) is 11.9. The van der Waals surface area contributed by atoms with Crippen LogP contribution in [0.5, 0.6) is 17.4 Å². The third kappa shape index (κ3) is 5.55. The lowest BCUT2D eigenvalue weighted by Gasteiger charge is -2.14. The molecule has 0 radical (unpaired) electrons. The Bertz CT molecular complexity index is 1650. The Hall–Kier alpha value is -5.23. The van der Waals surface area contributed by atoms with E-state index in [-0.39, 0.29) is 34.8 Å². The summed E-state index contributed by atoms with van der Waals surface area (Å²) in [6.45, 7) is 1.59. The van der Waals surface area contributed by atoms with Crippen LogP contribution in [-0.2, 0) is 13.0 Å². The second-order valence-corrected chi connectivity index (χ2v) is 8.59. The molecule has 1 heterocycles. The summed E-state index contributed by atoms with van der Waals surface area (Å²) in [6, 6.07) is 22.8. The predicted molar refractivity (Wildman–Crippen MR) is 146 cm³/mol. The molecule has 0 spiro atoms. The van der Waals surface area contributed by atoms with Gasteiger partial charge in [0.05, 0.1) is 25.5 Å². The van der Waals surface area contributed by atoms with Gasteiger partial charge in [0.15, 0.2) is 23.0 Å². The Morgan fingerprint density at radius 1 is 0.974 bits per heavy atom. The first-order valence-corrected chi connectivity index (χ1v) is 12.1. The lowest BCUT2D eigenvalue weighted by molar-refractivity contribution is 0.103. The highest BCUT2D eigenvalue weighted by Gasteiger charge is 2.20. The lowest BCUT2D eigenvalue weighted by atomic mass is 10.0. The van der Waals surface area contributed by atoms with Crippen molar-refractivity contribution in [1.82, 2.24) is 4.57 Å². The highest BCUT2D eigenvalue weighted by atomic mass is 16.5. The van der Waals surface area contributed by atoms with E-state index >= 15 is 0 Å². The number of ketones is 1. The van der Waals surface area contributed by atoms with Gasteiger partial charge in [0.1, 0.15) is 11.6 Å². The quantitative estimate of drug-likeness (QED) is 0.224. The van der Waals surface area contributed by atoms with Gasteiger partial charge in [-0.15, -0.1) is 10.2 Å². The maximum Gasteiger partial charge on any atom is 0.281 e. The molecular formula is C30H26N4O5. The molecule has 0 bridgehead atoms. The number of hydrogen-bond acceptors (Lipinski definition) is 8. The average Bonchev–Trinajstić information content (AvgIpc) is 2.97. The van der Waals surface area contributed by atoms with E-state index in [9.17, 15) is 20.0 Å². The number of nitrogens with zero attached hydrogens (tertiary/aromatic N) is 4. The molecule has 9 heteroatoms. The van der Waals surface area contributed by atoms with Gasteiger partial charge in [-0.3, -0.25) is 14.2 Å². The van der Waals surface area contributed by atoms with Crippen LogP contribution in [-0.4, -0.2) is 29.7 Å². The fourth-order valence-electron chi connectivity index (χ4n) is 4.14. The number of carbonyl (C=O) groups excluding carboxylic acids is 1. The topological polar surface area (TPSA) is 126 Å². The molecule has 39 heavy (non-hydrogen) atoms. The van der Waals surface area contributed by atoms with Crippen LogP contribution in [0.2, 0.25) is 0 Å². The molecule has 0 unspecified atom stereocenters. The number of aromatic hydroxyl groups is 1. The minimum atomic E-state index is -0.611. The number of hydrogen-bond donors (Lipinski definition) is 1. The maximum absolute atomic E-state index is 13.4. The van der Waals surface area contributed by atoms with Gasteiger partial charge in [-0.05, 0) is 43.2 Å². The van der Waals surface area contributed by atoms with Crippen molar-refractivity contribution in [3.8, 4) is 23.4 Å². The molecule has 0 aliphatic rings. The molecule has 4 aromatic rings. The zero-order valence-electron chi connectivity index (χ0n) is 21.7.